The summed E-state index contributed by atoms with van der Waals surface area (Å²) in [6.45, 7) is 2.12. The molecular formula is C15H15N3O2S. The highest BCUT2D eigenvalue weighted by Crippen LogP contribution is 2.15. The molecule has 0 spiro atoms. The average molecular weight is 301 g/mol. The Morgan fingerprint density at radius 3 is 2.57 bits per heavy atom. The topological polar surface area (TPSA) is 85.1 Å². The summed E-state index contributed by atoms with van der Waals surface area (Å²) < 4.78 is 26.9. The molecule has 0 unspecified atom stereocenters. The van der Waals surface area contributed by atoms with Crippen LogP contribution in [0.4, 0.5) is 5.82 Å². The molecule has 1 aromatic heterocycles. The van der Waals surface area contributed by atoms with Crippen molar-refractivity contribution in [3.8, 4) is 11.8 Å². The summed E-state index contributed by atoms with van der Waals surface area (Å²) in [7, 11) is -3.65. The second kappa shape index (κ2) is 6.39. The number of sulfonamides is 1. The summed E-state index contributed by atoms with van der Waals surface area (Å²) in [5.41, 5.74) is 6.75. The summed E-state index contributed by atoms with van der Waals surface area (Å²) in [5.74, 6) is 5.65. The Hall–Kier alpha value is -2.36. The van der Waals surface area contributed by atoms with Gasteiger partial charge in [0.1, 0.15) is 11.5 Å². The number of nitrogens with zero attached hydrogens (tertiary/aromatic N) is 1. The largest absolute Gasteiger partial charge is 0.320 e. The van der Waals surface area contributed by atoms with Gasteiger partial charge in [0, 0.05) is 0 Å². The highest BCUT2D eigenvalue weighted by atomic mass is 32.2. The summed E-state index contributed by atoms with van der Waals surface area (Å²) in [6, 6.07) is 11.5. The Morgan fingerprint density at radius 1 is 1.19 bits per heavy atom. The molecule has 0 amide bonds. The zero-order chi connectivity index (χ0) is 15.3. The molecule has 0 aliphatic heterocycles. The normalized spacial score (nSPS) is 10.6. The van der Waals surface area contributed by atoms with Crippen LogP contribution < -0.4 is 10.5 Å². The Morgan fingerprint density at radius 2 is 1.90 bits per heavy atom. The first-order chi connectivity index (χ1) is 10.0. The second-order valence-corrected chi connectivity index (χ2v) is 6.01. The van der Waals surface area contributed by atoms with Crippen molar-refractivity contribution in [2.45, 2.75) is 11.8 Å². The summed E-state index contributed by atoms with van der Waals surface area (Å²) >= 11 is 0. The molecule has 0 fully saturated rings. The molecular weight excluding hydrogens is 286 g/mol. The molecule has 6 heteroatoms. The summed E-state index contributed by atoms with van der Waals surface area (Å²) in [5, 5.41) is 0. The maximum absolute atomic E-state index is 12.2. The number of aromatic nitrogens is 1. The van der Waals surface area contributed by atoms with E-state index >= 15 is 0 Å². The van der Waals surface area contributed by atoms with Crippen LogP contribution in [0, 0.1) is 18.8 Å². The van der Waals surface area contributed by atoms with Crippen LogP contribution in [0.2, 0.25) is 0 Å². The Bertz CT molecular complexity index is 788. The van der Waals surface area contributed by atoms with Gasteiger partial charge in [0.2, 0.25) is 0 Å². The quantitative estimate of drug-likeness (QED) is 0.841. The van der Waals surface area contributed by atoms with E-state index in [1.807, 2.05) is 6.92 Å². The lowest BCUT2D eigenvalue weighted by atomic mass is 10.2. The van der Waals surface area contributed by atoms with E-state index in [4.69, 9.17) is 5.73 Å². The molecule has 0 bridgehead atoms. The van der Waals surface area contributed by atoms with Gasteiger partial charge in [0.25, 0.3) is 10.0 Å². The third-order valence-electron chi connectivity index (χ3n) is 2.64. The first-order valence-corrected chi connectivity index (χ1v) is 7.75. The smallest absolute Gasteiger partial charge is 0.263 e. The van der Waals surface area contributed by atoms with Gasteiger partial charge in [-0.05, 0) is 37.1 Å². The molecule has 0 aliphatic rings. The molecule has 0 saturated carbocycles. The van der Waals surface area contributed by atoms with Gasteiger partial charge >= 0.3 is 0 Å². The number of anilines is 1. The molecule has 0 atom stereocenters. The van der Waals surface area contributed by atoms with E-state index in [1.165, 1.54) is 0 Å². The number of rotatable bonds is 3. The van der Waals surface area contributed by atoms with E-state index in [0.717, 1.165) is 5.56 Å². The maximum atomic E-state index is 12.2. The molecule has 2 rings (SSSR count). The van der Waals surface area contributed by atoms with Gasteiger partial charge in [-0.2, -0.15) is 0 Å². The van der Waals surface area contributed by atoms with Gasteiger partial charge in [-0.1, -0.05) is 29.7 Å². The summed E-state index contributed by atoms with van der Waals surface area (Å²) in [4.78, 5) is 4.31. The fraction of sp³-hybridized carbons (Fsp3) is 0.133. The van der Waals surface area contributed by atoms with Crippen LogP contribution in [0.15, 0.2) is 47.4 Å². The Kier molecular flexibility index (Phi) is 4.58. The van der Waals surface area contributed by atoms with Crippen molar-refractivity contribution in [1.29, 1.82) is 0 Å². The molecule has 0 saturated heterocycles. The molecule has 21 heavy (non-hydrogen) atoms. The van der Waals surface area contributed by atoms with Crippen molar-refractivity contribution in [2.24, 2.45) is 5.73 Å². The van der Waals surface area contributed by atoms with Crippen molar-refractivity contribution >= 4 is 15.8 Å². The predicted octanol–water partition coefficient (Wildman–Crippen LogP) is 1.50. The lowest BCUT2D eigenvalue weighted by Gasteiger charge is -2.07. The van der Waals surface area contributed by atoms with Crippen LogP contribution in [0.1, 0.15) is 11.3 Å². The molecule has 1 aromatic carbocycles. The Balaban J connectivity index is 2.26. The van der Waals surface area contributed by atoms with Gasteiger partial charge in [0.15, 0.2) is 0 Å². The van der Waals surface area contributed by atoms with Crippen LogP contribution >= 0.6 is 0 Å². The minimum absolute atomic E-state index is 0.188. The monoisotopic (exact) mass is 301 g/mol. The van der Waals surface area contributed by atoms with Gasteiger partial charge in [0.05, 0.1) is 11.4 Å². The summed E-state index contributed by atoms with van der Waals surface area (Å²) in [6.07, 6.45) is 0. The fourth-order valence-corrected chi connectivity index (χ4v) is 2.62. The van der Waals surface area contributed by atoms with E-state index in [0.29, 0.717) is 5.69 Å². The highest BCUT2D eigenvalue weighted by molar-refractivity contribution is 7.92. The van der Waals surface area contributed by atoms with Gasteiger partial charge in [-0.15, -0.1) is 0 Å². The standard InChI is InChI=1S/C15H15N3O2S/c1-12-7-9-14(10-8-12)21(19,20)18-15-6-2-4-13(17-15)5-3-11-16/h2,4,6-10H,11,16H2,1H3,(H,17,18). The Labute approximate surface area is 124 Å². The number of hydrogen-bond donors (Lipinski definition) is 2. The predicted molar refractivity (Wildman–Crippen MR) is 82.2 cm³/mol. The number of pyridine rings is 1. The minimum Gasteiger partial charge on any atom is -0.320 e. The van der Waals surface area contributed by atoms with Crippen molar-refractivity contribution < 1.29 is 8.42 Å². The number of benzene rings is 1. The van der Waals surface area contributed by atoms with E-state index in [2.05, 4.69) is 21.5 Å². The molecule has 0 radical (unpaired) electrons. The van der Waals surface area contributed by atoms with Gasteiger partial charge < -0.3 is 5.73 Å². The molecule has 108 valence electrons. The zero-order valence-corrected chi connectivity index (χ0v) is 12.3. The third-order valence-corrected chi connectivity index (χ3v) is 4.01. The lowest BCUT2D eigenvalue weighted by molar-refractivity contribution is 0.601. The van der Waals surface area contributed by atoms with Crippen LogP contribution in [0.5, 0.6) is 0 Å². The van der Waals surface area contributed by atoms with Crippen LogP contribution in [-0.4, -0.2) is 19.9 Å². The van der Waals surface area contributed by atoms with Crippen molar-refractivity contribution in [3.63, 3.8) is 0 Å². The lowest BCUT2D eigenvalue weighted by Crippen LogP contribution is -2.14. The number of aryl methyl sites for hydroxylation is 1. The van der Waals surface area contributed by atoms with E-state index in [1.54, 1.807) is 42.5 Å². The highest BCUT2D eigenvalue weighted by Gasteiger charge is 2.14. The molecule has 0 aliphatic carbocycles. The SMILES string of the molecule is Cc1ccc(S(=O)(=O)Nc2cccc(C#CCN)n2)cc1. The van der Waals surface area contributed by atoms with Crippen molar-refractivity contribution in [2.75, 3.05) is 11.3 Å². The average Bonchev–Trinajstić information content (AvgIpc) is 2.45. The first-order valence-electron chi connectivity index (χ1n) is 6.27. The van der Waals surface area contributed by atoms with E-state index in [9.17, 15) is 8.42 Å². The fourth-order valence-electron chi connectivity index (χ4n) is 1.62. The molecule has 3 N–H and O–H groups in total. The number of nitrogens with two attached hydrogens (primary N) is 1. The van der Waals surface area contributed by atoms with E-state index in [-0.39, 0.29) is 17.3 Å². The van der Waals surface area contributed by atoms with Crippen molar-refractivity contribution in [1.82, 2.24) is 4.98 Å². The van der Waals surface area contributed by atoms with Gasteiger partial charge in [-0.3, -0.25) is 4.72 Å². The van der Waals surface area contributed by atoms with Crippen LogP contribution in [0.3, 0.4) is 0 Å². The molecule has 2 aromatic rings. The number of nitrogens with one attached hydrogen (secondary N) is 1. The number of hydrogen-bond acceptors (Lipinski definition) is 4. The van der Waals surface area contributed by atoms with Crippen molar-refractivity contribution in [3.05, 3.63) is 53.7 Å². The second-order valence-electron chi connectivity index (χ2n) is 4.33. The third kappa shape index (κ3) is 4.05. The van der Waals surface area contributed by atoms with Gasteiger partial charge in [-0.25, -0.2) is 13.4 Å². The van der Waals surface area contributed by atoms with Crippen LogP contribution in [0.25, 0.3) is 0 Å². The molecule has 1 heterocycles. The molecule has 5 nitrogen and oxygen atoms in total. The van der Waals surface area contributed by atoms with E-state index < -0.39 is 10.0 Å². The first kappa shape index (κ1) is 15.0. The maximum Gasteiger partial charge on any atom is 0.263 e. The zero-order valence-electron chi connectivity index (χ0n) is 11.5. The van der Waals surface area contributed by atoms with Crippen LogP contribution in [-0.2, 0) is 10.0 Å². The minimum atomic E-state index is -3.65.